The second-order valence-corrected chi connectivity index (χ2v) is 8.10. The van der Waals surface area contributed by atoms with Gasteiger partial charge in [-0.25, -0.2) is 13.1 Å². The Bertz CT molecular complexity index is 924. The number of amides is 1. The Hall–Kier alpha value is -2.48. The average molecular weight is 385 g/mol. The first-order chi connectivity index (χ1) is 13.0. The zero-order valence-corrected chi connectivity index (χ0v) is 15.8. The summed E-state index contributed by atoms with van der Waals surface area (Å²) in [5, 5.41) is 6.07. The minimum atomic E-state index is -3.70. The lowest BCUT2D eigenvalue weighted by molar-refractivity contribution is 0.0956. The molecule has 27 heavy (non-hydrogen) atoms. The standard InChI is InChI=1S/C20H23N3O3S/c24-20(22-14-17-9-11-21-12-10-17)18-7-4-8-19(13-18)27(25,26)23-15-16-5-2-1-3-6-16/h1-9,13,21,23H,10-12,14-15H2,(H,22,24). The van der Waals surface area contributed by atoms with E-state index in [0.29, 0.717) is 12.1 Å². The fraction of sp³-hybridized carbons (Fsp3) is 0.250. The van der Waals surface area contributed by atoms with Gasteiger partial charge in [-0.15, -0.1) is 0 Å². The molecular weight excluding hydrogens is 362 g/mol. The highest BCUT2D eigenvalue weighted by atomic mass is 32.2. The summed E-state index contributed by atoms with van der Waals surface area (Å²) in [7, 11) is -3.70. The van der Waals surface area contributed by atoms with E-state index in [0.717, 1.165) is 25.1 Å². The van der Waals surface area contributed by atoms with Crippen molar-refractivity contribution in [2.45, 2.75) is 17.9 Å². The molecule has 3 rings (SSSR count). The summed E-state index contributed by atoms with van der Waals surface area (Å²) in [6.45, 7) is 2.39. The van der Waals surface area contributed by atoms with Crippen LogP contribution in [-0.4, -0.2) is 34.0 Å². The molecule has 0 fully saturated rings. The molecule has 0 atom stereocenters. The van der Waals surface area contributed by atoms with Gasteiger partial charge < -0.3 is 10.6 Å². The van der Waals surface area contributed by atoms with Crippen LogP contribution in [0, 0.1) is 0 Å². The minimum Gasteiger partial charge on any atom is -0.348 e. The molecule has 0 spiro atoms. The van der Waals surface area contributed by atoms with Crippen LogP contribution in [0.25, 0.3) is 0 Å². The van der Waals surface area contributed by atoms with E-state index in [1.54, 1.807) is 12.1 Å². The average Bonchev–Trinajstić information content (AvgIpc) is 2.72. The van der Waals surface area contributed by atoms with Gasteiger partial charge in [0.2, 0.25) is 10.0 Å². The van der Waals surface area contributed by atoms with E-state index < -0.39 is 10.0 Å². The van der Waals surface area contributed by atoms with Crippen LogP contribution in [0.15, 0.2) is 71.1 Å². The van der Waals surface area contributed by atoms with Gasteiger partial charge in [-0.1, -0.05) is 48.0 Å². The van der Waals surface area contributed by atoms with Gasteiger partial charge in [0.15, 0.2) is 0 Å². The maximum atomic E-state index is 12.5. The third kappa shape index (κ3) is 5.50. The summed E-state index contributed by atoms with van der Waals surface area (Å²) in [4.78, 5) is 12.5. The maximum Gasteiger partial charge on any atom is 0.251 e. The molecule has 2 aromatic carbocycles. The molecule has 0 aliphatic carbocycles. The highest BCUT2D eigenvalue weighted by Crippen LogP contribution is 2.13. The van der Waals surface area contributed by atoms with Crippen LogP contribution in [0.5, 0.6) is 0 Å². The Morgan fingerprint density at radius 3 is 2.59 bits per heavy atom. The number of carbonyl (C=O) groups is 1. The van der Waals surface area contributed by atoms with Gasteiger partial charge in [0.1, 0.15) is 0 Å². The zero-order valence-electron chi connectivity index (χ0n) is 14.9. The number of hydrogen-bond acceptors (Lipinski definition) is 4. The van der Waals surface area contributed by atoms with Crippen molar-refractivity contribution >= 4 is 15.9 Å². The summed E-state index contributed by atoms with van der Waals surface area (Å²) in [5.74, 6) is -0.283. The molecule has 0 bridgehead atoms. The third-order valence-electron chi connectivity index (χ3n) is 4.35. The number of benzene rings is 2. The van der Waals surface area contributed by atoms with Crippen LogP contribution in [0.1, 0.15) is 22.3 Å². The number of sulfonamides is 1. The monoisotopic (exact) mass is 385 g/mol. The van der Waals surface area contributed by atoms with Crippen LogP contribution in [0.4, 0.5) is 0 Å². The van der Waals surface area contributed by atoms with Gasteiger partial charge in [-0.3, -0.25) is 4.79 Å². The largest absolute Gasteiger partial charge is 0.348 e. The van der Waals surface area contributed by atoms with Gasteiger partial charge in [0, 0.05) is 25.2 Å². The van der Waals surface area contributed by atoms with Crippen molar-refractivity contribution in [2.75, 3.05) is 19.6 Å². The molecule has 7 heteroatoms. The van der Waals surface area contributed by atoms with Gasteiger partial charge >= 0.3 is 0 Å². The summed E-state index contributed by atoms with van der Waals surface area (Å²) < 4.78 is 27.6. The maximum absolute atomic E-state index is 12.5. The van der Waals surface area contributed by atoms with Crippen molar-refractivity contribution in [3.8, 4) is 0 Å². The molecule has 142 valence electrons. The number of hydrogen-bond donors (Lipinski definition) is 3. The van der Waals surface area contributed by atoms with E-state index in [1.165, 1.54) is 17.7 Å². The van der Waals surface area contributed by atoms with Gasteiger partial charge in [-0.2, -0.15) is 0 Å². The van der Waals surface area contributed by atoms with Crippen molar-refractivity contribution in [2.24, 2.45) is 0 Å². The molecule has 0 saturated carbocycles. The van der Waals surface area contributed by atoms with Crippen molar-refractivity contribution in [3.05, 3.63) is 77.4 Å². The fourth-order valence-electron chi connectivity index (χ4n) is 2.79. The summed E-state index contributed by atoms with van der Waals surface area (Å²) >= 11 is 0. The van der Waals surface area contributed by atoms with E-state index in [1.807, 2.05) is 30.3 Å². The Kier molecular flexibility index (Phi) is 6.39. The summed E-state index contributed by atoms with van der Waals surface area (Å²) in [5.41, 5.74) is 2.37. The Labute approximate surface area is 159 Å². The molecule has 2 aromatic rings. The predicted molar refractivity (Wildman–Crippen MR) is 105 cm³/mol. The molecule has 1 aliphatic rings. The smallest absolute Gasteiger partial charge is 0.251 e. The van der Waals surface area contributed by atoms with Crippen LogP contribution >= 0.6 is 0 Å². The second kappa shape index (κ2) is 8.94. The normalized spacial score (nSPS) is 14.4. The van der Waals surface area contributed by atoms with E-state index in [2.05, 4.69) is 21.4 Å². The fourth-order valence-corrected chi connectivity index (χ4v) is 3.85. The molecule has 0 unspecified atom stereocenters. The lowest BCUT2D eigenvalue weighted by atomic mass is 10.1. The molecule has 0 aromatic heterocycles. The van der Waals surface area contributed by atoms with E-state index in [-0.39, 0.29) is 17.3 Å². The lowest BCUT2D eigenvalue weighted by Gasteiger charge is -2.14. The van der Waals surface area contributed by atoms with Crippen LogP contribution < -0.4 is 15.4 Å². The lowest BCUT2D eigenvalue weighted by Crippen LogP contribution is -2.30. The molecule has 3 N–H and O–H groups in total. The number of carbonyl (C=O) groups excluding carboxylic acids is 1. The van der Waals surface area contributed by atoms with E-state index in [4.69, 9.17) is 0 Å². The Morgan fingerprint density at radius 1 is 1.04 bits per heavy atom. The highest BCUT2D eigenvalue weighted by molar-refractivity contribution is 7.89. The van der Waals surface area contributed by atoms with Crippen molar-refractivity contribution in [1.29, 1.82) is 0 Å². The summed E-state index contributed by atoms with van der Waals surface area (Å²) in [6.07, 6.45) is 2.97. The van der Waals surface area contributed by atoms with Crippen molar-refractivity contribution in [3.63, 3.8) is 0 Å². The molecule has 1 heterocycles. The highest BCUT2D eigenvalue weighted by Gasteiger charge is 2.16. The predicted octanol–water partition coefficient (Wildman–Crippen LogP) is 1.81. The van der Waals surface area contributed by atoms with Gasteiger partial charge in [-0.05, 0) is 36.7 Å². The van der Waals surface area contributed by atoms with Crippen LogP contribution in [0.3, 0.4) is 0 Å². The second-order valence-electron chi connectivity index (χ2n) is 6.34. The molecule has 0 radical (unpaired) electrons. The zero-order chi connectivity index (χ0) is 19.1. The van der Waals surface area contributed by atoms with E-state index in [9.17, 15) is 13.2 Å². The SMILES string of the molecule is O=C(NCC1=CCNCC1)c1cccc(S(=O)(=O)NCc2ccccc2)c1. The molecular formula is C20H23N3O3S. The summed E-state index contributed by atoms with van der Waals surface area (Å²) in [6, 6.07) is 15.4. The van der Waals surface area contributed by atoms with Crippen molar-refractivity contribution in [1.82, 2.24) is 15.4 Å². The van der Waals surface area contributed by atoms with Gasteiger partial charge in [0.05, 0.1) is 4.90 Å². The minimum absolute atomic E-state index is 0.0761. The van der Waals surface area contributed by atoms with E-state index >= 15 is 0 Å². The van der Waals surface area contributed by atoms with Crippen LogP contribution in [-0.2, 0) is 16.6 Å². The molecule has 1 aliphatic heterocycles. The molecule has 1 amide bonds. The molecule has 6 nitrogen and oxygen atoms in total. The van der Waals surface area contributed by atoms with Crippen LogP contribution in [0.2, 0.25) is 0 Å². The first-order valence-electron chi connectivity index (χ1n) is 8.85. The first kappa shape index (κ1) is 19.3. The van der Waals surface area contributed by atoms with Gasteiger partial charge in [0.25, 0.3) is 5.91 Å². The number of rotatable bonds is 7. The first-order valence-corrected chi connectivity index (χ1v) is 10.3. The quantitative estimate of drug-likeness (QED) is 0.635. The third-order valence-corrected chi connectivity index (χ3v) is 5.75. The van der Waals surface area contributed by atoms with Crippen molar-refractivity contribution < 1.29 is 13.2 Å². The Morgan fingerprint density at radius 2 is 1.85 bits per heavy atom. The molecule has 0 saturated heterocycles. The topological polar surface area (TPSA) is 87.3 Å². The Balaban J connectivity index is 1.64. The number of nitrogens with one attached hydrogen (secondary N) is 3.